The summed E-state index contributed by atoms with van der Waals surface area (Å²) in [6.07, 6.45) is 0. The minimum absolute atomic E-state index is 0.299. The maximum Gasteiger partial charge on any atom is 0.146 e. The first-order valence-corrected chi connectivity index (χ1v) is 23.8. The van der Waals surface area contributed by atoms with Gasteiger partial charge in [-0.25, -0.2) is 17.6 Å². The molecule has 5 aromatic rings. The number of hydrogen-bond acceptors (Lipinski definition) is 0. The van der Waals surface area contributed by atoms with Gasteiger partial charge in [-0.3, -0.25) is 0 Å². The molecule has 0 unspecified atom stereocenters. The molecule has 0 aromatic heterocycles. The molecule has 54 heavy (non-hydrogen) atoms. The summed E-state index contributed by atoms with van der Waals surface area (Å²) in [4.78, 5) is 0. The fourth-order valence-electron chi connectivity index (χ4n) is 9.49. The molecule has 0 nitrogen and oxygen atoms in total. The van der Waals surface area contributed by atoms with Crippen molar-refractivity contribution in [2.75, 3.05) is 0 Å². The molecule has 282 valence electrons. The maximum absolute atomic E-state index is 15.3. The standard InChI is InChI=1S/C48H54F4Si2/c1-29(2)53(30(3)4,31(5)6)23-21-43-41-17-13-36(40-20-16-38(50)28-48(40)52)26-46(41)44(22-24-54(32(7)8,33(9)10)34(11)12)42-18-14-35(25-45(42)43)39-19-15-37(49)27-47(39)51/h13-20,25-34H,1-12H3. The predicted molar refractivity (Wildman–Crippen MR) is 228 cm³/mol. The van der Waals surface area contributed by atoms with Crippen molar-refractivity contribution < 1.29 is 17.6 Å². The van der Waals surface area contributed by atoms with Crippen LogP contribution in [0.5, 0.6) is 0 Å². The Morgan fingerprint density at radius 1 is 0.389 bits per heavy atom. The minimum Gasteiger partial charge on any atom is -0.207 e. The Kier molecular flexibility index (Phi) is 12.1. The van der Waals surface area contributed by atoms with Gasteiger partial charge in [0.25, 0.3) is 0 Å². The van der Waals surface area contributed by atoms with E-state index in [2.05, 4.69) is 106 Å². The van der Waals surface area contributed by atoms with E-state index in [0.29, 0.717) is 55.5 Å². The van der Waals surface area contributed by atoms with Gasteiger partial charge in [0.15, 0.2) is 0 Å². The maximum atomic E-state index is 15.3. The molecule has 0 aliphatic heterocycles. The van der Waals surface area contributed by atoms with Crippen LogP contribution in [0.4, 0.5) is 17.6 Å². The zero-order chi connectivity index (χ0) is 39.9. The number of halogens is 4. The van der Waals surface area contributed by atoms with Crippen molar-refractivity contribution in [1.29, 1.82) is 0 Å². The molecule has 0 amide bonds. The lowest BCUT2D eigenvalue weighted by molar-refractivity contribution is 0.585. The molecule has 0 atom stereocenters. The summed E-state index contributed by atoms with van der Waals surface area (Å²) in [6.45, 7) is 27.4. The van der Waals surface area contributed by atoms with Gasteiger partial charge >= 0.3 is 0 Å². The highest BCUT2D eigenvalue weighted by molar-refractivity contribution is 6.91. The van der Waals surface area contributed by atoms with Gasteiger partial charge in [-0.1, -0.05) is 119 Å². The molecular weight excluding hydrogens is 709 g/mol. The molecule has 0 saturated heterocycles. The second-order valence-corrected chi connectivity index (χ2v) is 28.0. The van der Waals surface area contributed by atoms with Crippen molar-refractivity contribution in [2.45, 2.75) is 116 Å². The van der Waals surface area contributed by atoms with Crippen LogP contribution in [0.15, 0.2) is 72.8 Å². The van der Waals surface area contributed by atoms with Crippen LogP contribution < -0.4 is 0 Å². The Labute approximate surface area is 322 Å². The van der Waals surface area contributed by atoms with E-state index in [-0.39, 0.29) is 0 Å². The molecular formula is C48H54F4Si2. The Balaban J connectivity index is 2.02. The summed E-state index contributed by atoms with van der Waals surface area (Å²) in [5.74, 6) is 4.95. The first-order valence-electron chi connectivity index (χ1n) is 19.4. The Bertz CT molecular complexity index is 2120. The third-order valence-corrected chi connectivity index (χ3v) is 24.7. The molecule has 0 radical (unpaired) electrons. The molecule has 0 saturated carbocycles. The van der Waals surface area contributed by atoms with Gasteiger partial charge in [0.05, 0.1) is 0 Å². The predicted octanol–water partition coefficient (Wildman–Crippen LogP) is 15.0. The number of rotatable bonds is 8. The second-order valence-electron chi connectivity index (χ2n) is 16.8. The van der Waals surface area contributed by atoms with E-state index in [1.54, 1.807) is 0 Å². The lowest BCUT2D eigenvalue weighted by atomic mass is 9.88. The van der Waals surface area contributed by atoms with Crippen LogP contribution in [-0.2, 0) is 0 Å². The average molecular weight is 763 g/mol. The minimum atomic E-state index is -2.22. The van der Waals surface area contributed by atoms with Gasteiger partial charge in [0.2, 0.25) is 0 Å². The smallest absolute Gasteiger partial charge is 0.146 e. The fraction of sp³-hybridized carbons (Fsp3) is 0.375. The molecule has 0 fully saturated rings. The quantitative estimate of drug-likeness (QED) is 0.0639. The molecule has 6 heteroatoms. The zero-order valence-electron chi connectivity index (χ0n) is 33.9. The molecule has 0 N–H and O–H groups in total. The second kappa shape index (κ2) is 15.9. The summed E-state index contributed by atoms with van der Waals surface area (Å²) < 4.78 is 58.8. The van der Waals surface area contributed by atoms with E-state index in [0.717, 1.165) is 44.8 Å². The van der Waals surface area contributed by atoms with E-state index in [1.807, 2.05) is 36.4 Å². The first kappa shape index (κ1) is 41.1. The van der Waals surface area contributed by atoms with E-state index < -0.39 is 39.4 Å². The van der Waals surface area contributed by atoms with Crippen LogP contribution in [0.1, 0.15) is 94.2 Å². The topological polar surface area (TPSA) is 0 Å². The van der Waals surface area contributed by atoms with Crippen molar-refractivity contribution in [3.8, 4) is 45.2 Å². The largest absolute Gasteiger partial charge is 0.207 e. The van der Waals surface area contributed by atoms with Gasteiger partial charge < -0.3 is 0 Å². The van der Waals surface area contributed by atoms with Crippen molar-refractivity contribution in [3.63, 3.8) is 0 Å². The number of hydrogen-bond donors (Lipinski definition) is 0. The Hall–Kier alpha value is -4.11. The number of benzene rings is 5. The third-order valence-electron chi connectivity index (χ3n) is 12.1. The summed E-state index contributed by atoms with van der Waals surface area (Å²) in [5.41, 5.74) is 13.7. The summed E-state index contributed by atoms with van der Waals surface area (Å²) in [6, 6.07) is 19.0. The highest BCUT2D eigenvalue weighted by Crippen LogP contribution is 2.44. The lowest BCUT2D eigenvalue weighted by Gasteiger charge is -2.38. The van der Waals surface area contributed by atoms with Crippen LogP contribution >= 0.6 is 0 Å². The van der Waals surface area contributed by atoms with E-state index in [1.165, 1.54) is 24.3 Å². The summed E-state index contributed by atoms with van der Waals surface area (Å²) in [7, 11) is -4.43. The van der Waals surface area contributed by atoms with Gasteiger partial charge in [-0.15, -0.1) is 11.1 Å². The van der Waals surface area contributed by atoms with E-state index in [9.17, 15) is 8.78 Å². The molecule has 5 aromatic carbocycles. The van der Waals surface area contributed by atoms with Gasteiger partial charge in [0.1, 0.15) is 39.4 Å². The SMILES string of the molecule is CC(C)[Si](C#Cc1c2ccc(-c3ccc(F)cc3F)cc2c(C#C[Si](C(C)C)(C(C)C)C(C)C)c2ccc(-c3ccc(F)cc3F)cc12)(C(C)C)C(C)C. The van der Waals surface area contributed by atoms with Crippen LogP contribution in [0.25, 0.3) is 43.8 Å². The van der Waals surface area contributed by atoms with E-state index in [4.69, 9.17) is 0 Å². The summed E-state index contributed by atoms with van der Waals surface area (Å²) in [5, 5.41) is 3.41. The molecule has 5 rings (SSSR count). The molecule has 0 aliphatic rings. The summed E-state index contributed by atoms with van der Waals surface area (Å²) >= 11 is 0. The fourth-order valence-corrected chi connectivity index (χ4v) is 19.9. The molecule has 0 spiro atoms. The monoisotopic (exact) mass is 762 g/mol. The highest BCUT2D eigenvalue weighted by Gasteiger charge is 2.43. The first-order chi connectivity index (χ1) is 25.4. The molecule has 0 aliphatic carbocycles. The van der Waals surface area contributed by atoms with Gasteiger partial charge in [-0.05, 0) is 102 Å². The normalized spacial score (nSPS) is 12.4. The Morgan fingerprint density at radius 2 is 0.704 bits per heavy atom. The lowest BCUT2D eigenvalue weighted by Crippen LogP contribution is -2.43. The van der Waals surface area contributed by atoms with E-state index >= 15 is 8.78 Å². The van der Waals surface area contributed by atoms with Crippen molar-refractivity contribution >= 4 is 37.7 Å². The van der Waals surface area contributed by atoms with Gasteiger partial charge in [0, 0.05) is 34.4 Å². The highest BCUT2D eigenvalue weighted by atomic mass is 28.3. The van der Waals surface area contributed by atoms with Gasteiger partial charge in [-0.2, -0.15) is 0 Å². The van der Waals surface area contributed by atoms with Crippen molar-refractivity contribution in [2.24, 2.45) is 0 Å². The van der Waals surface area contributed by atoms with Crippen LogP contribution in [0, 0.1) is 46.2 Å². The van der Waals surface area contributed by atoms with Crippen LogP contribution in [0.2, 0.25) is 33.2 Å². The molecule has 0 heterocycles. The average Bonchev–Trinajstić information content (AvgIpc) is 3.08. The van der Waals surface area contributed by atoms with Crippen LogP contribution in [-0.4, -0.2) is 16.1 Å². The zero-order valence-corrected chi connectivity index (χ0v) is 35.9. The third kappa shape index (κ3) is 7.33. The number of fused-ring (bicyclic) bond motifs is 2. The van der Waals surface area contributed by atoms with Crippen LogP contribution in [0.3, 0.4) is 0 Å². The van der Waals surface area contributed by atoms with Crippen molar-refractivity contribution in [1.82, 2.24) is 0 Å². The Morgan fingerprint density at radius 3 is 0.981 bits per heavy atom. The molecule has 0 bridgehead atoms. The van der Waals surface area contributed by atoms with Crippen molar-refractivity contribution in [3.05, 3.63) is 107 Å².